The lowest BCUT2D eigenvalue weighted by atomic mass is 10.1. The second-order valence-electron chi connectivity index (χ2n) is 2.49. The normalized spacial score (nSPS) is 12.5. The maximum Gasteiger partial charge on any atom is 0.159 e. The van der Waals surface area contributed by atoms with E-state index in [1.165, 1.54) is 0 Å². The van der Waals surface area contributed by atoms with Gasteiger partial charge in [0.2, 0.25) is 0 Å². The zero-order valence-corrected chi connectivity index (χ0v) is 7.09. The fourth-order valence-corrected chi connectivity index (χ4v) is 1.15. The Morgan fingerprint density at radius 3 is 2.92 bits per heavy atom. The summed E-state index contributed by atoms with van der Waals surface area (Å²) in [6.45, 7) is 0. The quantitative estimate of drug-likeness (QED) is 0.663. The van der Waals surface area contributed by atoms with Gasteiger partial charge in [0.15, 0.2) is 12.5 Å². The first kappa shape index (κ1) is 9.20. The van der Waals surface area contributed by atoms with Crippen molar-refractivity contribution in [2.75, 3.05) is 0 Å². The molecule has 0 aliphatic carbocycles. The third kappa shape index (κ3) is 2.62. The van der Waals surface area contributed by atoms with Crippen LogP contribution in [0.2, 0.25) is 5.02 Å². The van der Waals surface area contributed by atoms with Crippen LogP contribution in [0.15, 0.2) is 24.3 Å². The second kappa shape index (κ2) is 4.21. The van der Waals surface area contributed by atoms with Crippen molar-refractivity contribution in [3.8, 4) is 0 Å². The first-order valence-corrected chi connectivity index (χ1v) is 3.94. The minimum Gasteiger partial charge on any atom is -0.300 e. The third-order valence-electron chi connectivity index (χ3n) is 1.47. The number of aldehydes is 1. The largest absolute Gasteiger partial charge is 0.300 e. The van der Waals surface area contributed by atoms with Crippen LogP contribution >= 0.6 is 11.6 Å². The second-order valence-corrected chi connectivity index (χ2v) is 2.92. The maximum absolute atomic E-state index is 12.5. The average molecular weight is 187 g/mol. The smallest absolute Gasteiger partial charge is 0.159 e. The Bertz CT molecular complexity index is 275. The molecule has 0 bridgehead atoms. The number of hydrogen-bond donors (Lipinski definition) is 0. The van der Waals surface area contributed by atoms with Crippen molar-refractivity contribution in [3.63, 3.8) is 0 Å². The van der Waals surface area contributed by atoms with E-state index < -0.39 is 6.17 Å². The van der Waals surface area contributed by atoms with Gasteiger partial charge in [-0.1, -0.05) is 23.7 Å². The summed E-state index contributed by atoms with van der Waals surface area (Å²) in [6.07, 6.45) is -1.03. The van der Waals surface area contributed by atoms with E-state index >= 15 is 0 Å². The number of benzene rings is 1. The minimum absolute atomic E-state index is 0.101. The Hall–Kier alpha value is -0.890. The van der Waals surface area contributed by atoms with Crippen LogP contribution < -0.4 is 0 Å². The van der Waals surface area contributed by atoms with Crippen LogP contribution in [-0.2, 0) is 11.2 Å². The fraction of sp³-hybridized carbons (Fsp3) is 0.222. The summed E-state index contributed by atoms with van der Waals surface area (Å²) in [5, 5.41) is 0.561. The van der Waals surface area contributed by atoms with E-state index in [1.807, 2.05) is 0 Å². The molecule has 0 aliphatic rings. The molecule has 0 aromatic heterocycles. The van der Waals surface area contributed by atoms with Crippen LogP contribution in [0.4, 0.5) is 4.39 Å². The molecule has 0 amide bonds. The molecule has 0 N–H and O–H groups in total. The van der Waals surface area contributed by atoms with Gasteiger partial charge in [-0.15, -0.1) is 0 Å². The summed E-state index contributed by atoms with van der Waals surface area (Å²) in [7, 11) is 0. The van der Waals surface area contributed by atoms with Gasteiger partial charge in [-0.25, -0.2) is 4.39 Å². The molecule has 12 heavy (non-hydrogen) atoms. The molecule has 0 saturated heterocycles. The highest BCUT2D eigenvalue weighted by molar-refractivity contribution is 6.30. The number of alkyl halides is 1. The number of hydrogen-bond acceptors (Lipinski definition) is 1. The van der Waals surface area contributed by atoms with Crippen molar-refractivity contribution >= 4 is 17.9 Å². The van der Waals surface area contributed by atoms with E-state index in [2.05, 4.69) is 0 Å². The van der Waals surface area contributed by atoms with Gasteiger partial charge in [-0.05, 0) is 17.7 Å². The van der Waals surface area contributed by atoms with Gasteiger partial charge < -0.3 is 4.79 Å². The summed E-state index contributed by atoms with van der Waals surface area (Å²) in [6, 6.07) is 6.83. The lowest BCUT2D eigenvalue weighted by molar-refractivity contribution is -0.111. The standard InChI is InChI=1S/C9H8ClFO/c10-8-3-1-2-7(4-8)5-9(11)6-12/h1-4,6,9H,5H2. The van der Waals surface area contributed by atoms with Crippen molar-refractivity contribution in [2.24, 2.45) is 0 Å². The molecule has 0 radical (unpaired) electrons. The summed E-state index contributed by atoms with van der Waals surface area (Å²) in [5.74, 6) is 0. The predicted molar refractivity (Wildman–Crippen MR) is 46.1 cm³/mol. The van der Waals surface area contributed by atoms with Crippen molar-refractivity contribution in [1.29, 1.82) is 0 Å². The van der Waals surface area contributed by atoms with Gasteiger partial charge in [0.25, 0.3) is 0 Å². The molecule has 0 spiro atoms. The summed E-state index contributed by atoms with van der Waals surface area (Å²) in [5.41, 5.74) is 0.738. The molecule has 1 rings (SSSR count). The Labute approximate surface area is 75.2 Å². The van der Waals surface area contributed by atoms with E-state index in [0.29, 0.717) is 11.3 Å². The maximum atomic E-state index is 12.5. The van der Waals surface area contributed by atoms with E-state index in [-0.39, 0.29) is 6.42 Å². The topological polar surface area (TPSA) is 17.1 Å². The van der Waals surface area contributed by atoms with Crippen molar-refractivity contribution < 1.29 is 9.18 Å². The van der Waals surface area contributed by atoms with Crippen molar-refractivity contribution in [1.82, 2.24) is 0 Å². The Kier molecular flexibility index (Phi) is 3.23. The SMILES string of the molecule is O=CC(F)Cc1cccc(Cl)c1. The zero-order chi connectivity index (χ0) is 8.97. The van der Waals surface area contributed by atoms with E-state index in [0.717, 1.165) is 5.56 Å². The van der Waals surface area contributed by atoms with Gasteiger partial charge in [0.05, 0.1) is 0 Å². The summed E-state index contributed by atoms with van der Waals surface area (Å²) >= 11 is 5.66. The minimum atomic E-state index is -1.43. The van der Waals surface area contributed by atoms with Crippen LogP contribution in [-0.4, -0.2) is 12.5 Å². The number of halogens is 2. The number of rotatable bonds is 3. The molecular weight excluding hydrogens is 179 g/mol. The van der Waals surface area contributed by atoms with Crippen molar-refractivity contribution in [3.05, 3.63) is 34.9 Å². The summed E-state index contributed by atoms with van der Waals surface area (Å²) in [4.78, 5) is 9.99. The molecule has 1 nitrogen and oxygen atoms in total. The Morgan fingerprint density at radius 2 is 2.33 bits per heavy atom. The van der Waals surface area contributed by atoms with Gasteiger partial charge in [-0.3, -0.25) is 0 Å². The number of carbonyl (C=O) groups is 1. The molecule has 1 unspecified atom stereocenters. The van der Waals surface area contributed by atoms with Crippen LogP contribution in [0.3, 0.4) is 0 Å². The summed E-state index contributed by atoms with van der Waals surface area (Å²) < 4.78 is 12.5. The lowest BCUT2D eigenvalue weighted by Gasteiger charge is -2.00. The molecule has 0 aliphatic heterocycles. The first-order valence-electron chi connectivity index (χ1n) is 3.56. The Morgan fingerprint density at radius 1 is 1.58 bits per heavy atom. The fourth-order valence-electron chi connectivity index (χ4n) is 0.937. The number of carbonyl (C=O) groups excluding carboxylic acids is 1. The molecule has 0 saturated carbocycles. The van der Waals surface area contributed by atoms with Gasteiger partial charge in [0, 0.05) is 11.4 Å². The van der Waals surface area contributed by atoms with E-state index in [4.69, 9.17) is 11.6 Å². The molecule has 0 heterocycles. The molecule has 0 fully saturated rings. The molecular formula is C9H8ClFO. The highest BCUT2D eigenvalue weighted by Crippen LogP contribution is 2.12. The first-order chi connectivity index (χ1) is 5.72. The highest BCUT2D eigenvalue weighted by Gasteiger charge is 2.04. The average Bonchev–Trinajstić information content (AvgIpc) is 2.04. The van der Waals surface area contributed by atoms with Gasteiger partial charge in [0.1, 0.15) is 0 Å². The van der Waals surface area contributed by atoms with Crippen LogP contribution in [0.1, 0.15) is 5.56 Å². The third-order valence-corrected chi connectivity index (χ3v) is 1.70. The molecule has 1 atom stereocenters. The lowest BCUT2D eigenvalue weighted by Crippen LogP contribution is -2.05. The van der Waals surface area contributed by atoms with E-state index in [9.17, 15) is 9.18 Å². The van der Waals surface area contributed by atoms with Crippen LogP contribution in [0, 0.1) is 0 Å². The van der Waals surface area contributed by atoms with Gasteiger partial charge >= 0.3 is 0 Å². The van der Waals surface area contributed by atoms with E-state index in [1.54, 1.807) is 24.3 Å². The Balaban J connectivity index is 2.69. The molecule has 64 valence electrons. The van der Waals surface area contributed by atoms with Gasteiger partial charge in [-0.2, -0.15) is 0 Å². The predicted octanol–water partition coefficient (Wildman–Crippen LogP) is 2.42. The zero-order valence-electron chi connectivity index (χ0n) is 6.34. The molecule has 1 aromatic rings. The highest BCUT2D eigenvalue weighted by atomic mass is 35.5. The molecule has 1 aromatic carbocycles. The van der Waals surface area contributed by atoms with Crippen LogP contribution in [0.5, 0.6) is 0 Å². The van der Waals surface area contributed by atoms with Crippen LogP contribution in [0.25, 0.3) is 0 Å². The molecule has 3 heteroatoms. The van der Waals surface area contributed by atoms with Crippen molar-refractivity contribution in [2.45, 2.75) is 12.6 Å². The monoisotopic (exact) mass is 186 g/mol.